The van der Waals surface area contributed by atoms with Crippen LogP contribution in [0.1, 0.15) is 31.9 Å². The Morgan fingerprint density at radius 2 is 1.78 bits per heavy atom. The zero-order chi connectivity index (χ0) is 17.1. The summed E-state index contributed by atoms with van der Waals surface area (Å²) in [5.41, 5.74) is 10.6. The second-order valence-corrected chi connectivity index (χ2v) is 6.63. The van der Waals surface area contributed by atoms with Gasteiger partial charge < -0.3 is 5.73 Å². The molecule has 0 heterocycles. The minimum atomic E-state index is 0.160. The van der Waals surface area contributed by atoms with E-state index in [1.54, 1.807) is 6.07 Å². The van der Waals surface area contributed by atoms with Crippen LogP contribution in [0.15, 0.2) is 41.5 Å². The quantitative estimate of drug-likeness (QED) is 0.448. The van der Waals surface area contributed by atoms with Gasteiger partial charge in [0.2, 0.25) is 0 Å². The number of anilines is 2. The molecule has 23 heavy (non-hydrogen) atoms. The second-order valence-electron chi connectivity index (χ2n) is 5.81. The molecule has 0 spiro atoms. The minimum absolute atomic E-state index is 0.160. The highest BCUT2D eigenvalue weighted by Gasteiger charge is 2.13. The van der Waals surface area contributed by atoms with Crippen molar-refractivity contribution in [3.05, 3.63) is 57.6 Å². The van der Waals surface area contributed by atoms with E-state index in [4.69, 9.17) is 34.0 Å². The summed E-state index contributed by atoms with van der Waals surface area (Å²) in [6.07, 6.45) is 0. The van der Waals surface area contributed by atoms with Crippen molar-refractivity contribution in [1.82, 2.24) is 0 Å². The lowest BCUT2D eigenvalue weighted by Crippen LogP contribution is -2.26. The molecule has 0 unspecified atom stereocenters. The van der Waals surface area contributed by atoms with Gasteiger partial charge in [0.1, 0.15) is 0 Å². The number of nitrogen functional groups attached to an aromatic ring is 1. The van der Waals surface area contributed by atoms with Crippen molar-refractivity contribution in [1.29, 1.82) is 0 Å². The first-order chi connectivity index (χ1) is 10.8. The highest BCUT2D eigenvalue weighted by Crippen LogP contribution is 2.29. The summed E-state index contributed by atoms with van der Waals surface area (Å²) in [7, 11) is 0. The van der Waals surface area contributed by atoms with Gasteiger partial charge in [-0.3, -0.25) is 5.01 Å². The van der Waals surface area contributed by atoms with Gasteiger partial charge >= 0.3 is 0 Å². The van der Waals surface area contributed by atoms with Crippen molar-refractivity contribution in [3.8, 4) is 0 Å². The van der Waals surface area contributed by atoms with Crippen molar-refractivity contribution in [2.75, 3.05) is 10.7 Å². The number of hydrogen-bond acceptors (Lipinski definition) is 3. The third kappa shape index (κ3) is 4.18. The fourth-order valence-electron chi connectivity index (χ4n) is 2.30. The molecule has 5 heteroatoms. The molecule has 3 nitrogen and oxygen atoms in total. The summed E-state index contributed by atoms with van der Waals surface area (Å²) in [4.78, 5) is 0. The molecule has 0 aromatic heterocycles. The van der Waals surface area contributed by atoms with Crippen LogP contribution in [0.2, 0.25) is 10.0 Å². The molecule has 0 aliphatic carbocycles. The van der Waals surface area contributed by atoms with Crippen LogP contribution in [0.4, 0.5) is 11.4 Å². The molecule has 0 fully saturated rings. The first-order valence-electron chi connectivity index (χ1n) is 7.45. The van der Waals surface area contributed by atoms with Gasteiger partial charge in [-0.1, -0.05) is 34.8 Å². The molecule has 2 aromatic rings. The summed E-state index contributed by atoms with van der Waals surface area (Å²) in [5.74, 6) is 0. The zero-order valence-electron chi connectivity index (χ0n) is 13.8. The summed E-state index contributed by atoms with van der Waals surface area (Å²) in [5, 5.41) is 7.72. The van der Waals surface area contributed by atoms with Gasteiger partial charge in [0.05, 0.1) is 21.4 Å². The number of nitrogens with zero attached hydrogens (tertiary/aromatic N) is 2. The highest BCUT2D eigenvalue weighted by molar-refractivity contribution is 6.42. The van der Waals surface area contributed by atoms with E-state index in [9.17, 15) is 0 Å². The number of halogens is 2. The average molecular weight is 350 g/mol. The van der Waals surface area contributed by atoms with Crippen LogP contribution in [0.5, 0.6) is 0 Å². The zero-order valence-corrected chi connectivity index (χ0v) is 15.3. The number of nitrogens with two attached hydrogens (primary N) is 1. The van der Waals surface area contributed by atoms with Crippen molar-refractivity contribution >= 4 is 40.3 Å². The Kier molecular flexibility index (Phi) is 5.55. The van der Waals surface area contributed by atoms with Crippen molar-refractivity contribution < 1.29 is 0 Å². The Morgan fingerprint density at radius 3 is 2.39 bits per heavy atom. The molecular formula is C18H21Cl2N3. The normalized spacial score (nSPS) is 11.9. The van der Waals surface area contributed by atoms with E-state index < -0.39 is 0 Å². The molecule has 2 rings (SSSR count). The summed E-state index contributed by atoms with van der Waals surface area (Å²) < 4.78 is 0. The first kappa shape index (κ1) is 17.6. The Morgan fingerprint density at radius 1 is 1.09 bits per heavy atom. The fourth-order valence-corrected chi connectivity index (χ4v) is 2.59. The van der Waals surface area contributed by atoms with Crippen LogP contribution < -0.4 is 10.7 Å². The van der Waals surface area contributed by atoms with E-state index in [0.717, 1.165) is 28.2 Å². The lowest BCUT2D eigenvalue weighted by atomic mass is 10.1. The summed E-state index contributed by atoms with van der Waals surface area (Å²) >= 11 is 12.1. The van der Waals surface area contributed by atoms with Gasteiger partial charge in [-0.15, -0.1) is 0 Å². The van der Waals surface area contributed by atoms with Crippen LogP contribution in [0.3, 0.4) is 0 Å². The van der Waals surface area contributed by atoms with Crippen LogP contribution in [-0.2, 0) is 0 Å². The predicted molar refractivity (Wildman–Crippen MR) is 102 cm³/mol. The fraction of sp³-hybridized carbons (Fsp3) is 0.278. The van der Waals surface area contributed by atoms with Crippen LogP contribution >= 0.6 is 23.2 Å². The standard InChI is InChI=1S/C18H21Cl2N3/c1-11(2)23(14-6-7-16(19)17(20)10-14)22-13(4)15-9-12(3)5-8-18(15)21/h5-11H,21H2,1-4H3/b22-13+. The van der Waals surface area contributed by atoms with Gasteiger partial charge in [-0.25, -0.2) is 0 Å². The maximum Gasteiger partial charge on any atom is 0.0671 e. The van der Waals surface area contributed by atoms with Gasteiger partial charge in [-0.05, 0) is 58.0 Å². The van der Waals surface area contributed by atoms with E-state index >= 15 is 0 Å². The van der Waals surface area contributed by atoms with E-state index in [1.807, 2.05) is 49.2 Å². The highest BCUT2D eigenvalue weighted by atomic mass is 35.5. The number of benzene rings is 2. The molecule has 0 saturated carbocycles. The SMILES string of the molecule is C/C(=N\N(c1ccc(Cl)c(Cl)c1)C(C)C)c1cc(C)ccc1N. The van der Waals surface area contributed by atoms with Crippen LogP contribution in [0.25, 0.3) is 0 Å². The number of hydrogen-bond donors (Lipinski definition) is 1. The third-order valence-corrected chi connectivity index (χ3v) is 4.25. The number of rotatable bonds is 4. The lowest BCUT2D eigenvalue weighted by molar-refractivity contribution is 0.713. The maximum absolute atomic E-state index is 6.14. The molecule has 0 atom stereocenters. The van der Waals surface area contributed by atoms with Crippen molar-refractivity contribution in [2.45, 2.75) is 33.7 Å². The molecule has 0 saturated heterocycles. The molecule has 2 aromatic carbocycles. The van der Waals surface area contributed by atoms with Gasteiger partial charge in [0, 0.05) is 17.3 Å². The van der Waals surface area contributed by atoms with Crippen molar-refractivity contribution in [2.24, 2.45) is 5.10 Å². The first-order valence-corrected chi connectivity index (χ1v) is 8.21. The monoisotopic (exact) mass is 349 g/mol. The number of aryl methyl sites for hydroxylation is 1. The van der Waals surface area contributed by atoms with Crippen LogP contribution in [-0.4, -0.2) is 11.8 Å². The van der Waals surface area contributed by atoms with Gasteiger partial charge in [0.25, 0.3) is 0 Å². The van der Waals surface area contributed by atoms with E-state index in [-0.39, 0.29) is 6.04 Å². The third-order valence-electron chi connectivity index (χ3n) is 3.51. The minimum Gasteiger partial charge on any atom is -0.398 e. The van der Waals surface area contributed by atoms with E-state index in [0.29, 0.717) is 10.0 Å². The second kappa shape index (κ2) is 7.24. The number of hydrazone groups is 1. The molecule has 0 aliphatic rings. The Bertz CT molecular complexity index is 739. The Balaban J connectivity index is 2.45. The Labute approximate surface area is 147 Å². The van der Waals surface area contributed by atoms with Crippen LogP contribution in [0, 0.1) is 6.92 Å². The maximum atomic E-state index is 6.14. The average Bonchev–Trinajstić information content (AvgIpc) is 2.49. The van der Waals surface area contributed by atoms with E-state index in [2.05, 4.69) is 13.8 Å². The predicted octanol–water partition coefficient (Wildman–Crippen LogP) is 5.52. The Hall–Kier alpha value is -1.71. The molecule has 0 radical (unpaired) electrons. The summed E-state index contributed by atoms with van der Waals surface area (Å²) in [6.45, 7) is 8.13. The smallest absolute Gasteiger partial charge is 0.0671 e. The molecule has 0 bridgehead atoms. The topological polar surface area (TPSA) is 41.6 Å². The molecule has 2 N–H and O–H groups in total. The van der Waals surface area contributed by atoms with E-state index in [1.165, 1.54) is 0 Å². The van der Waals surface area contributed by atoms with Crippen molar-refractivity contribution in [3.63, 3.8) is 0 Å². The lowest BCUT2D eigenvalue weighted by Gasteiger charge is -2.25. The summed E-state index contributed by atoms with van der Waals surface area (Å²) in [6, 6.07) is 11.6. The molecule has 0 aliphatic heterocycles. The molecule has 0 amide bonds. The molecular weight excluding hydrogens is 329 g/mol. The largest absolute Gasteiger partial charge is 0.398 e. The van der Waals surface area contributed by atoms with Gasteiger partial charge in [0.15, 0.2) is 0 Å². The molecule has 122 valence electrons. The van der Waals surface area contributed by atoms with Gasteiger partial charge in [-0.2, -0.15) is 5.10 Å².